The average Bonchev–Trinajstić information content (AvgIpc) is 2.59. The summed E-state index contributed by atoms with van der Waals surface area (Å²) in [4.78, 5) is 26.3. The van der Waals surface area contributed by atoms with Gasteiger partial charge in [-0.3, -0.25) is 9.59 Å². The number of carbonyl (C=O) groups excluding carboxylic acids is 2. The predicted molar refractivity (Wildman–Crippen MR) is 102 cm³/mol. The van der Waals surface area contributed by atoms with Crippen LogP contribution in [0.4, 0.5) is 5.69 Å². The summed E-state index contributed by atoms with van der Waals surface area (Å²) < 4.78 is 0. The Bertz CT molecular complexity index is 774. The number of nitrogens with one attached hydrogen (secondary N) is 1. The zero-order chi connectivity index (χ0) is 18.4. The number of carbonyl (C=O) groups is 2. The number of halogens is 2. The maximum atomic E-state index is 12.4. The molecule has 0 heterocycles. The first-order chi connectivity index (χ1) is 11.9. The van der Waals surface area contributed by atoms with Crippen LogP contribution in [-0.2, 0) is 11.2 Å². The third-order valence-electron chi connectivity index (χ3n) is 3.79. The van der Waals surface area contributed by atoms with Gasteiger partial charge in [-0.2, -0.15) is 0 Å². The molecule has 25 heavy (non-hydrogen) atoms. The molecule has 2 aromatic rings. The molecule has 0 bridgehead atoms. The summed E-state index contributed by atoms with van der Waals surface area (Å²) in [6.07, 6.45) is 0.172. The number of rotatable bonds is 6. The molecule has 0 spiro atoms. The molecule has 0 aliphatic heterocycles. The highest BCUT2D eigenvalue weighted by Gasteiger charge is 2.13. The Morgan fingerprint density at radius 3 is 2.36 bits per heavy atom. The van der Waals surface area contributed by atoms with Crippen molar-refractivity contribution < 1.29 is 9.59 Å². The van der Waals surface area contributed by atoms with Crippen molar-refractivity contribution >= 4 is 40.7 Å². The van der Waals surface area contributed by atoms with Crippen molar-refractivity contribution in [2.75, 3.05) is 18.4 Å². The van der Waals surface area contributed by atoms with Crippen LogP contribution in [0, 0.1) is 0 Å². The Morgan fingerprint density at radius 1 is 1.00 bits per heavy atom. The second-order valence-electron chi connectivity index (χ2n) is 5.53. The van der Waals surface area contributed by atoms with Crippen molar-refractivity contribution in [1.29, 1.82) is 0 Å². The van der Waals surface area contributed by atoms with Gasteiger partial charge in [0.05, 0.1) is 16.5 Å². The summed E-state index contributed by atoms with van der Waals surface area (Å²) in [6.45, 7) is 5.15. The summed E-state index contributed by atoms with van der Waals surface area (Å²) in [7, 11) is 0. The molecule has 1 N–H and O–H groups in total. The monoisotopic (exact) mass is 378 g/mol. The molecular formula is C19H20Cl2N2O2. The third kappa shape index (κ3) is 5.21. The Balaban J connectivity index is 2.07. The highest BCUT2D eigenvalue weighted by Crippen LogP contribution is 2.23. The summed E-state index contributed by atoms with van der Waals surface area (Å²) in [5, 5.41) is 3.68. The normalized spacial score (nSPS) is 10.4. The van der Waals surface area contributed by atoms with E-state index in [0.29, 0.717) is 34.4 Å². The van der Waals surface area contributed by atoms with Gasteiger partial charge in [0.1, 0.15) is 0 Å². The Hall–Kier alpha value is -2.04. The smallest absolute Gasteiger partial charge is 0.253 e. The molecule has 0 saturated carbocycles. The van der Waals surface area contributed by atoms with Gasteiger partial charge in [-0.05, 0) is 49.7 Å². The van der Waals surface area contributed by atoms with Gasteiger partial charge in [0, 0.05) is 24.3 Å². The number of nitrogens with zero attached hydrogens (tertiary/aromatic N) is 1. The fourth-order valence-electron chi connectivity index (χ4n) is 2.46. The molecular weight excluding hydrogens is 359 g/mol. The number of hydrogen-bond acceptors (Lipinski definition) is 2. The minimum atomic E-state index is -0.189. The highest BCUT2D eigenvalue weighted by atomic mass is 35.5. The van der Waals surface area contributed by atoms with E-state index < -0.39 is 0 Å². The zero-order valence-electron chi connectivity index (χ0n) is 14.2. The van der Waals surface area contributed by atoms with Gasteiger partial charge in [-0.25, -0.2) is 0 Å². The van der Waals surface area contributed by atoms with Crippen LogP contribution >= 0.6 is 23.2 Å². The summed E-state index contributed by atoms with van der Waals surface area (Å²) in [5.74, 6) is -0.239. The molecule has 0 aromatic heterocycles. The minimum absolute atomic E-state index is 0.0504. The molecule has 6 heteroatoms. The lowest BCUT2D eigenvalue weighted by molar-refractivity contribution is -0.115. The maximum Gasteiger partial charge on any atom is 0.253 e. The predicted octanol–water partition coefficient (Wildman–Crippen LogP) is 4.66. The largest absolute Gasteiger partial charge is 0.339 e. The van der Waals surface area contributed by atoms with Gasteiger partial charge in [0.15, 0.2) is 0 Å². The van der Waals surface area contributed by atoms with Gasteiger partial charge in [-0.15, -0.1) is 0 Å². The first kappa shape index (κ1) is 19.3. The molecule has 4 nitrogen and oxygen atoms in total. The van der Waals surface area contributed by atoms with Crippen LogP contribution in [0.2, 0.25) is 10.0 Å². The number of benzene rings is 2. The summed E-state index contributed by atoms with van der Waals surface area (Å²) in [5.41, 5.74) is 1.90. The van der Waals surface area contributed by atoms with E-state index in [2.05, 4.69) is 5.32 Å². The van der Waals surface area contributed by atoms with Crippen molar-refractivity contribution in [3.63, 3.8) is 0 Å². The lowest BCUT2D eigenvalue weighted by Gasteiger charge is -2.19. The third-order valence-corrected chi connectivity index (χ3v) is 4.53. The average molecular weight is 379 g/mol. The standard InChI is InChI=1S/C19H20Cl2N2O2/c1-3-23(4-2)19(25)14-6-5-7-15(12-14)22-18(24)11-13-8-9-16(20)17(21)10-13/h5-10,12H,3-4,11H2,1-2H3,(H,22,24). The molecule has 2 amide bonds. The zero-order valence-corrected chi connectivity index (χ0v) is 15.7. The first-order valence-corrected chi connectivity index (χ1v) is 8.83. The molecule has 132 valence electrons. The van der Waals surface area contributed by atoms with Crippen LogP contribution < -0.4 is 5.32 Å². The van der Waals surface area contributed by atoms with Gasteiger partial charge >= 0.3 is 0 Å². The van der Waals surface area contributed by atoms with Crippen molar-refractivity contribution in [3.05, 3.63) is 63.6 Å². The molecule has 2 aromatic carbocycles. The SMILES string of the molecule is CCN(CC)C(=O)c1cccc(NC(=O)Cc2ccc(Cl)c(Cl)c2)c1. The van der Waals surface area contributed by atoms with E-state index in [4.69, 9.17) is 23.2 Å². The fourth-order valence-corrected chi connectivity index (χ4v) is 2.78. The quantitative estimate of drug-likeness (QED) is 0.794. The summed E-state index contributed by atoms with van der Waals surface area (Å²) >= 11 is 11.8. The second kappa shape index (κ2) is 8.88. The van der Waals surface area contributed by atoms with E-state index in [-0.39, 0.29) is 18.2 Å². The molecule has 0 saturated heterocycles. The van der Waals surface area contributed by atoms with E-state index in [1.807, 2.05) is 13.8 Å². The van der Waals surface area contributed by atoms with E-state index in [0.717, 1.165) is 5.56 Å². The number of amides is 2. The molecule has 2 rings (SSSR count). The van der Waals surface area contributed by atoms with Crippen molar-refractivity contribution in [2.45, 2.75) is 20.3 Å². The number of anilines is 1. The molecule has 0 unspecified atom stereocenters. The molecule has 0 aliphatic rings. The van der Waals surface area contributed by atoms with E-state index in [1.54, 1.807) is 47.4 Å². The van der Waals surface area contributed by atoms with Gasteiger partial charge in [-0.1, -0.05) is 35.3 Å². The van der Waals surface area contributed by atoms with E-state index in [1.165, 1.54) is 0 Å². The maximum absolute atomic E-state index is 12.4. The van der Waals surface area contributed by atoms with Crippen LogP contribution in [0.3, 0.4) is 0 Å². The molecule has 0 atom stereocenters. The lowest BCUT2D eigenvalue weighted by atomic mass is 10.1. The second-order valence-corrected chi connectivity index (χ2v) is 6.35. The van der Waals surface area contributed by atoms with E-state index in [9.17, 15) is 9.59 Å². The van der Waals surface area contributed by atoms with Crippen LogP contribution in [0.5, 0.6) is 0 Å². The van der Waals surface area contributed by atoms with Crippen molar-refractivity contribution in [1.82, 2.24) is 4.90 Å². The van der Waals surface area contributed by atoms with Crippen LogP contribution in [0.1, 0.15) is 29.8 Å². The van der Waals surface area contributed by atoms with Crippen LogP contribution in [0.25, 0.3) is 0 Å². The minimum Gasteiger partial charge on any atom is -0.339 e. The van der Waals surface area contributed by atoms with Crippen molar-refractivity contribution in [3.8, 4) is 0 Å². The lowest BCUT2D eigenvalue weighted by Crippen LogP contribution is -2.30. The Labute approximate surface area is 157 Å². The highest BCUT2D eigenvalue weighted by molar-refractivity contribution is 6.42. The fraction of sp³-hybridized carbons (Fsp3) is 0.263. The molecule has 0 radical (unpaired) electrons. The summed E-state index contributed by atoms with van der Waals surface area (Å²) in [6, 6.07) is 12.0. The van der Waals surface area contributed by atoms with Gasteiger partial charge in [0.25, 0.3) is 5.91 Å². The number of hydrogen-bond donors (Lipinski definition) is 1. The van der Waals surface area contributed by atoms with Crippen LogP contribution in [-0.4, -0.2) is 29.8 Å². The van der Waals surface area contributed by atoms with Gasteiger partial charge < -0.3 is 10.2 Å². The van der Waals surface area contributed by atoms with E-state index >= 15 is 0 Å². The topological polar surface area (TPSA) is 49.4 Å². The van der Waals surface area contributed by atoms with Crippen molar-refractivity contribution in [2.24, 2.45) is 0 Å². The van der Waals surface area contributed by atoms with Gasteiger partial charge in [0.2, 0.25) is 5.91 Å². The Kier molecular flexibility index (Phi) is 6.85. The van der Waals surface area contributed by atoms with Crippen LogP contribution in [0.15, 0.2) is 42.5 Å². The molecule has 0 aliphatic carbocycles. The molecule has 0 fully saturated rings. The Morgan fingerprint density at radius 2 is 1.72 bits per heavy atom. The first-order valence-electron chi connectivity index (χ1n) is 8.07.